The number of hydrogen-bond acceptors (Lipinski definition) is 8. The number of rotatable bonds is 6. The molecule has 4 N–H and O–H groups in total. The van der Waals surface area contributed by atoms with Crippen molar-refractivity contribution >= 4 is 9.84 Å². The van der Waals surface area contributed by atoms with Crippen molar-refractivity contribution in [2.75, 3.05) is 19.5 Å². The minimum absolute atomic E-state index is 0.0756. The summed E-state index contributed by atoms with van der Waals surface area (Å²) in [5, 5.41) is 40.3. The largest absolute Gasteiger partial charge is 0.394 e. The third-order valence-electron chi connectivity index (χ3n) is 4.23. The molecule has 0 aromatic heterocycles. The highest BCUT2D eigenvalue weighted by atomic mass is 32.2. The summed E-state index contributed by atoms with van der Waals surface area (Å²) >= 11 is 0. The van der Waals surface area contributed by atoms with Crippen LogP contribution in [0.25, 0.3) is 0 Å². The van der Waals surface area contributed by atoms with E-state index in [0.29, 0.717) is 0 Å². The molecule has 1 aromatic rings. The molecule has 1 fully saturated rings. The van der Waals surface area contributed by atoms with E-state index >= 15 is 0 Å². The van der Waals surface area contributed by atoms with Gasteiger partial charge in [0, 0.05) is 7.11 Å². The molecule has 0 aliphatic carbocycles. The smallest absolute Gasteiger partial charge is 0.186 e. The first kappa shape index (κ1) is 19.3. The molecule has 0 radical (unpaired) electrons. The van der Waals surface area contributed by atoms with Crippen LogP contribution < -0.4 is 0 Å². The lowest BCUT2D eigenvalue weighted by Crippen LogP contribution is -2.67. The molecule has 9 heteroatoms. The second-order valence-corrected chi connectivity index (χ2v) is 7.83. The molecule has 1 aromatic carbocycles. The van der Waals surface area contributed by atoms with Crippen LogP contribution in [0.3, 0.4) is 0 Å². The molecule has 0 spiro atoms. The summed E-state index contributed by atoms with van der Waals surface area (Å²) in [6.07, 6.45) is -6.30. The standard InChI is InChI=1S/C15H22O8S/c1-22-14-13(18)15(19,12(17)11(9-16)23-14)7-8-24(20,21)10-5-3-2-4-6-10/h2-6,11-14,16-19H,7-9H2,1H3/t11?,12-,13?,14+,15?/m1/s1. The minimum atomic E-state index is -3.72. The molecular formula is C15H22O8S. The van der Waals surface area contributed by atoms with Crippen LogP contribution in [0.4, 0.5) is 0 Å². The average molecular weight is 362 g/mol. The Morgan fingerprint density at radius 3 is 2.38 bits per heavy atom. The maximum Gasteiger partial charge on any atom is 0.186 e. The Kier molecular flexibility index (Phi) is 5.97. The zero-order chi connectivity index (χ0) is 18.0. The summed E-state index contributed by atoms with van der Waals surface area (Å²) < 4.78 is 34.7. The van der Waals surface area contributed by atoms with Gasteiger partial charge in [-0.05, 0) is 18.6 Å². The van der Waals surface area contributed by atoms with Gasteiger partial charge >= 0.3 is 0 Å². The molecule has 3 unspecified atom stereocenters. The quantitative estimate of drug-likeness (QED) is 0.489. The topological polar surface area (TPSA) is 134 Å². The van der Waals surface area contributed by atoms with Gasteiger partial charge < -0.3 is 29.9 Å². The predicted molar refractivity (Wildman–Crippen MR) is 82.8 cm³/mol. The third kappa shape index (κ3) is 3.62. The molecule has 5 atom stereocenters. The van der Waals surface area contributed by atoms with Gasteiger partial charge in [-0.1, -0.05) is 18.2 Å². The van der Waals surface area contributed by atoms with E-state index in [2.05, 4.69) is 0 Å². The molecular weight excluding hydrogens is 340 g/mol. The van der Waals surface area contributed by atoms with E-state index in [1.54, 1.807) is 18.2 Å². The van der Waals surface area contributed by atoms with Gasteiger partial charge in [0.05, 0.1) is 17.3 Å². The van der Waals surface area contributed by atoms with Gasteiger partial charge in [0.15, 0.2) is 16.1 Å². The number of methoxy groups -OCH3 is 1. The average Bonchev–Trinajstić information content (AvgIpc) is 2.59. The number of ether oxygens (including phenoxy) is 2. The van der Waals surface area contributed by atoms with Crippen LogP contribution in [0.1, 0.15) is 6.42 Å². The molecule has 1 heterocycles. The molecule has 1 saturated heterocycles. The van der Waals surface area contributed by atoms with Gasteiger partial charge in [0.1, 0.15) is 23.9 Å². The molecule has 8 nitrogen and oxygen atoms in total. The van der Waals surface area contributed by atoms with Crippen LogP contribution in [0.2, 0.25) is 0 Å². The van der Waals surface area contributed by atoms with Crippen LogP contribution in [-0.4, -0.2) is 78.5 Å². The van der Waals surface area contributed by atoms with Crippen LogP contribution in [0.15, 0.2) is 35.2 Å². The van der Waals surface area contributed by atoms with E-state index in [-0.39, 0.29) is 4.90 Å². The highest BCUT2D eigenvalue weighted by molar-refractivity contribution is 7.91. The summed E-state index contributed by atoms with van der Waals surface area (Å²) in [6, 6.07) is 7.66. The highest BCUT2D eigenvalue weighted by Crippen LogP contribution is 2.33. The van der Waals surface area contributed by atoms with Crippen molar-refractivity contribution in [1.29, 1.82) is 0 Å². The van der Waals surface area contributed by atoms with E-state index in [4.69, 9.17) is 9.47 Å². The van der Waals surface area contributed by atoms with Crippen molar-refractivity contribution in [3.05, 3.63) is 30.3 Å². The molecule has 0 saturated carbocycles. The number of aliphatic hydroxyl groups is 4. The Morgan fingerprint density at radius 2 is 1.83 bits per heavy atom. The van der Waals surface area contributed by atoms with Gasteiger partial charge in [0.25, 0.3) is 0 Å². The van der Waals surface area contributed by atoms with Crippen LogP contribution in [0.5, 0.6) is 0 Å². The second kappa shape index (κ2) is 7.44. The maximum absolute atomic E-state index is 12.3. The monoisotopic (exact) mass is 362 g/mol. The van der Waals surface area contributed by atoms with Crippen molar-refractivity contribution in [3.63, 3.8) is 0 Å². The molecule has 136 valence electrons. The van der Waals surface area contributed by atoms with Gasteiger partial charge in [-0.15, -0.1) is 0 Å². The summed E-state index contributed by atoms with van der Waals surface area (Å²) in [5.41, 5.74) is -2.20. The summed E-state index contributed by atoms with van der Waals surface area (Å²) in [7, 11) is -2.50. The number of hydrogen-bond donors (Lipinski definition) is 4. The first-order valence-corrected chi connectivity index (χ1v) is 9.07. The van der Waals surface area contributed by atoms with Crippen molar-refractivity contribution in [2.24, 2.45) is 0 Å². The molecule has 1 aliphatic heterocycles. The lowest BCUT2D eigenvalue weighted by Gasteiger charge is -2.47. The van der Waals surface area contributed by atoms with E-state index in [1.165, 1.54) is 19.2 Å². The van der Waals surface area contributed by atoms with Gasteiger partial charge in [-0.2, -0.15) is 0 Å². The van der Waals surface area contributed by atoms with Crippen LogP contribution in [-0.2, 0) is 19.3 Å². The van der Waals surface area contributed by atoms with Crippen LogP contribution >= 0.6 is 0 Å². The van der Waals surface area contributed by atoms with Crippen molar-refractivity contribution in [1.82, 2.24) is 0 Å². The molecule has 2 rings (SSSR count). The lowest BCUT2D eigenvalue weighted by molar-refractivity contribution is -0.327. The number of aliphatic hydroxyl groups excluding tert-OH is 3. The van der Waals surface area contributed by atoms with E-state index in [1.807, 2.05) is 0 Å². The zero-order valence-corrected chi connectivity index (χ0v) is 14.0. The molecule has 0 amide bonds. The fourth-order valence-corrected chi connectivity index (χ4v) is 4.12. The normalized spacial score (nSPS) is 34.2. The Hall–Kier alpha value is -1.07. The highest BCUT2D eigenvalue weighted by Gasteiger charge is 2.55. The first-order valence-electron chi connectivity index (χ1n) is 7.41. The van der Waals surface area contributed by atoms with Gasteiger partial charge in [0.2, 0.25) is 0 Å². The fraction of sp³-hybridized carbons (Fsp3) is 0.600. The Labute approximate surface area is 140 Å². The Morgan fingerprint density at radius 1 is 1.21 bits per heavy atom. The SMILES string of the molecule is CO[C@H]1OC(CO)[C@@H](O)C(O)(CCS(=O)(=O)c2ccccc2)C1O. The summed E-state index contributed by atoms with van der Waals surface area (Å²) in [4.78, 5) is 0.0756. The summed E-state index contributed by atoms with van der Waals surface area (Å²) in [6.45, 7) is -0.624. The molecule has 1 aliphatic rings. The van der Waals surface area contributed by atoms with Gasteiger partial charge in [-0.25, -0.2) is 8.42 Å². The summed E-state index contributed by atoms with van der Waals surface area (Å²) in [5.74, 6) is -0.504. The van der Waals surface area contributed by atoms with E-state index in [9.17, 15) is 28.8 Å². The minimum Gasteiger partial charge on any atom is -0.394 e. The van der Waals surface area contributed by atoms with Crippen molar-refractivity contribution in [2.45, 2.75) is 41.5 Å². The molecule has 0 bridgehead atoms. The first-order chi connectivity index (χ1) is 11.3. The predicted octanol–water partition coefficient (Wildman–Crippen LogP) is -1.33. The Bertz CT molecular complexity index is 616. The van der Waals surface area contributed by atoms with Crippen molar-refractivity contribution < 1.29 is 38.3 Å². The number of sulfone groups is 1. The fourth-order valence-electron chi connectivity index (χ4n) is 2.72. The zero-order valence-electron chi connectivity index (χ0n) is 13.1. The maximum atomic E-state index is 12.3. The van der Waals surface area contributed by atoms with Crippen molar-refractivity contribution in [3.8, 4) is 0 Å². The molecule has 24 heavy (non-hydrogen) atoms. The van der Waals surface area contributed by atoms with E-state index in [0.717, 1.165) is 0 Å². The van der Waals surface area contributed by atoms with E-state index < -0.39 is 58.8 Å². The Balaban J connectivity index is 2.21. The third-order valence-corrected chi connectivity index (χ3v) is 5.96. The van der Waals surface area contributed by atoms with Gasteiger partial charge in [-0.3, -0.25) is 0 Å². The lowest BCUT2D eigenvalue weighted by atomic mass is 9.82. The van der Waals surface area contributed by atoms with Crippen LogP contribution in [0, 0.1) is 0 Å². The number of benzene rings is 1. The second-order valence-electron chi connectivity index (χ2n) is 5.72.